The molecule has 1 aliphatic heterocycles. The maximum atomic E-state index is 11.4. The molecule has 0 saturated carbocycles. The first-order chi connectivity index (χ1) is 8.54. The van der Waals surface area contributed by atoms with Crippen LogP contribution in [0.25, 0.3) is 0 Å². The van der Waals surface area contributed by atoms with Crippen LogP contribution in [-0.2, 0) is 4.79 Å². The summed E-state index contributed by atoms with van der Waals surface area (Å²) < 4.78 is 0. The van der Waals surface area contributed by atoms with E-state index in [9.17, 15) is 9.59 Å². The van der Waals surface area contributed by atoms with Gasteiger partial charge in [-0.3, -0.25) is 4.90 Å². The van der Waals surface area contributed by atoms with Gasteiger partial charge in [-0.2, -0.15) is 0 Å². The van der Waals surface area contributed by atoms with E-state index < -0.39 is 18.1 Å². The SMILES string of the molecule is CCN1CCCC1CNC(=O)NC[C@H](O)C(=O)O. The van der Waals surface area contributed by atoms with Crippen molar-refractivity contribution in [2.24, 2.45) is 0 Å². The quantitative estimate of drug-likeness (QED) is 0.501. The third kappa shape index (κ3) is 4.50. The molecule has 0 aliphatic carbocycles. The number of aliphatic hydroxyl groups excluding tert-OH is 1. The van der Waals surface area contributed by atoms with Crippen LogP contribution in [-0.4, -0.2) is 65.4 Å². The standard InChI is InChI=1S/C11H21N3O4/c1-2-14-5-3-4-8(14)6-12-11(18)13-7-9(15)10(16)17/h8-9,15H,2-7H2,1H3,(H,16,17)(H2,12,13,18)/t8?,9-/m0/s1. The molecule has 2 amide bonds. The molecule has 7 nitrogen and oxygen atoms in total. The third-order valence-corrected chi connectivity index (χ3v) is 3.14. The van der Waals surface area contributed by atoms with E-state index >= 15 is 0 Å². The Morgan fingerprint density at radius 3 is 2.78 bits per heavy atom. The van der Waals surface area contributed by atoms with Gasteiger partial charge in [-0.25, -0.2) is 9.59 Å². The number of aliphatic hydroxyl groups is 1. The molecule has 7 heteroatoms. The minimum absolute atomic E-state index is 0.288. The van der Waals surface area contributed by atoms with Crippen molar-refractivity contribution in [3.63, 3.8) is 0 Å². The number of hydrogen-bond donors (Lipinski definition) is 4. The van der Waals surface area contributed by atoms with Crippen molar-refractivity contribution in [3.05, 3.63) is 0 Å². The van der Waals surface area contributed by atoms with Crippen LogP contribution in [0.1, 0.15) is 19.8 Å². The van der Waals surface area contributed by atoms with E-state index in [0.717, 1.165) is 25.9 Å². The summed E-state index contributed by atoms with van der Waals surface area (Å²) in [5.74, 6) is -1.34. The first-order valence-electron chi connectivity index (χ1n) is 6.21. The first-order valence-corrected chi connectivity index (χ1v) is 6.21. The van der Waals surface area contributed by atoms with E-state index in [0.29, 0.717) is 12.6 Å². The highest BCUT2D eigenvalue weighted by atomic mass is 16.4. The Bertz CT molecular complexity index is 298. The van der Waals surface area contributed by atoms with Crippen molar-refractivity contribution in [3.8, 4) is 0 Å². The van der Waals surface area contributed by atoms with Crippen molar-refractivity contribution in [1.82, 2.24) is 15.5 Å². The maximum absolute atomic E-state index is 11.4. The molecule has 1 unspecified atom stereocenters. The van der Waals surface area contributed by atoms with Crippen LogP contribution in [0.4, 0.5) is 4.79 Å². The van der Waals surface area contributed by atoms with Crippen LogP contribution >= 0.6 is 0 Å². The Kier molecular flexibility index (Phi) is 5.87. The molecule has 1 fully saturated rings. The zero-order valence-electron chi connectivity index (χ0n) is 10.6. The summed E-state index contributed by atoms with van der Waals surface area (Å²) in [5.41, 5.74) is 0. The number of carboxylic acid groups (broad SMARTS) is 1. The van der Waals surface area contributed by atoms with Crippen molar-refractivity contribution in [1.29, 1.82) is 0 Å². The number of amides is 2. The van der Waals surface area contributed by atoms with E-state index in [2.05, 4.69) is 22.5 Å². The second-order valence-electron chi connectivity index (χ2n) is 4.37. The largest absolute Gasteiger partial charge is 0.479 e. The highest BCUT2D eigenvalue weighted by Crippen LogP contribution is 2.15. The molecule has 4 N–H and O–H groups in total. The average molecular weight is 259 g/mol. The Hall–Kier alpha value is -1.34. The molecule has 0 spiro atoms. The molecule has 0 aromatic heterocycles. The summed E-state index contributed by atoms with van der Waals surface area (Å²) in [4.78, 5) is 24.0. The summed E-state index contributed by atoms with van der Waals surface area (Å²) >= 11 is 0. The van der Waals surface area contributed by atoms with Crippen LogP contribution < -0.4 is 10.6 Å². The van der Waals surface area contributed by atoms with Gasteiger partial charge in [-0.15, -0.1) is 0 Å². The Labute approximate surface area is 106 Å². The lowest BCUT2D eigenvalue weighted by Gasteiger charge is -2.23. The molecule has 0 bridgehead atoms. The van der Waals surface area contributed by atoms with Crippen molar-refractivity contribution >= 4 is 12.0 Å². The number of carboxylic acids is 1. The van der Waals surface area contributed by atoms with Crippen molar-refractivity contribution in [2.45, 2.75) is 31.9 Å². The predicted octanol–water partition coefficient (Wildman–Crippen LogP) is -0.785. The number of carbonyl (C=O) groups is 2. The van der Waals surface area contributed by atoms with Gasteiger partial charge < -0.3 is 20.8 Å². The van der Waals surface area contributed by atoms with Gasteiger partial charge in [-0.1, -0.05) is 6.92 Å². The highest BCUT2D eigenvalue weighted by Gasteiger charge is 2.23. The molecule has 0 aromatic carbocycles. The molecule has 1 aliphatic rings. The Morgan fingerprint density at radius 2 is 2.17 bits per heavy atom. The van der Waals surface area contributed by atoms with Gasteiger partial charge in [-0.05, 0) is 25.9 Å². The fourth-order valence-electron chi connectivity index (χ4n) is 2.09. The number of likely N-dealkylation sites (tertiary alicyclic amines) is 1. The number of hydrogen-bond acceptors (Lipinski definition) is 4. The van der Waals surface area contributed by atoms with Gasteiger partial charge in [0.05, 0.1) is 6.54 Å². The number of likely N-dealkylation sites (N-methyl/N-ethyl adjacent to an activating group) is 1. The van der Waals surface area contributed by atoms with Crippen molar-refractivity contribution in [2.75, 3.05) is 26.2 Å². The van der Waals surface area contributed by atoms with Gasteiger partial charge in [0, 0.05) is 12.6 Å². The van der Waals surface area contributed by atoms with Crippen LogP contribution in [0.15, 0.2) is 0 Å². The molecule has 1 saturated heterocycles. The molecule has 1 heterocycles. The molecular formula is C11H21N3O4. The number of nitrogens with zero attached hydrogens (tertiary/aromatic N) is 1. The average Bonchev–Trinajstić information content (AvgIpc) is 2.80. The minimum atomic E-state index is -1.56. The summed E-state index contributed by atoms with van der Waals surface area (Å²) in [6.45, 7) is 4.36. The number of urea groups is 1. The molecule has 1 rings (SSSR count). The topological polar surface area (TPSA) is 102 Å². The molecular weight excluding hydrogens is 238 g/mol. The molecule has 104 valence electrons. The van der Waals surface area contributed by atoms with Crippen LogP contribution in [0.3, 0.4) is 0 Å². The fraction of sp³-hybridized carbons (Fsp3) is 0.818. The first kappa shape index (κ1) is 14.7. The Balaban J connectivity index is 2.19. The lowest BCUT2D eigenvalue weighted by Crippen LogP contribution is -2.46. The van der Waals surface area contributed by atoms with Gasteiger partial charge in [0.15, 0.2) is 6.10 Å². The number of rotatable bonds is 6. The zero-order valence-corrected chi connectivity index (χ0v) is 10.6. The van der Waals surface area contributed by atoms with E-state index in [1.807, 2.05) is 0 Å². The molecule has 0 aromatic rings. The number of nitrogens with one attached hydrogen (secondary N) is 2. The third-order valence-electron chi connectivity index (χ3n) is 3.14. The van der Waals surface area contributed by atoms with Crippen LogP contribution in [0.5, 0.6) is 0 Å². The molecule has 2 atom stereocenters. The van der Waals surface area contributed by atoms with Gasteiger partial charge in [0.25, 0.3) is 0 Å². The van der Waals surface area contributed by atoms with Crippen LogP contribution in [0, 0.1) is 0 Å². The smallest absolute Gasteiger partial charge is 0.334 e. The highest BCUT2D eigenvalue weighted by molar-refractivity contribution is 5.76. The van der Waals surface area contributed by atoms with Gasteiger partial charge >= 0.3 is 12.0 Å². The lowest BCUT2D eigenvalue weighted by atomic mass is 10.2. The monoisotopic (exact) mass is 259 g/mol. The van der Waals surface area contributed by atoms with E-state index in [4.69, 9.17) is 10.2 Å². The number of carbonyl (C=O) groups excluding carboxylic acids is 1. The van der Waals surface area contributed by atoms with E-state index in [1.165, 1.54) is 0 Å². The van der Waals surface area contributed by atoms with Crippen LogP contribution in [0.2, 0.25) is 0 Å². The normalized spacial score (nSPS) is 21.6. The zero-order chi connectivity index (χ0) is 13.5. The lowest BCUT2D eigenvalue weighted by molar-refractivity contribution is -0.146. The molecule has 0 radical (unpaired) electrons. The second-order valence-corrected chi connectivity index (χ2v) is 4.37. The second kappa shape index (κ2) is 7.17. The number of aliphatic carboxylic acids is 1. The predicted molar refractivity (Wildman–Crippen MR) is 65.3 cm³/mol. The van der Waals surface area contributed by atoms with E-state index in [1.54, 1.807) is 0 Å². The minimum Gasteiger partial charge on any atom is -0.479 e. The summed E-state index contributed by atoms with van der Waals surface area (Å²) in [6.07, 6.45) is 0.639. The van der Waals surface area contributed by atoms with Gasteiger partial charge in [0.1, 0.15) is 0 Å². The fourth-order valence-corrected chi connectivity index (χ4v) is 2.09. The molecule has 18 heavy (non-hydrogen) atoms. The van der Waals surface area contributed by atoms with Crippen molar-refractivity contribution < 1.29 is 19.8 Å². The summed E-state index contributed by atoms with van der Waals surface area (Å²) in [5, 5.41) is 22.4. The maximum Gasteiger partial charge on any atom is 0.334 e. The summed E-state index contributed by atoms with van der Waals surface area (Å²) in [6, 6.07) is -0.0941. The van der Waals surface area contributed by atoms with E-state index in [-0.39, 0.29) is 6.54 Å². The van der Waals surface area contributed by atoms with Gasteiger partial charge in [0.2, 0.25) is 0 Å². The summed E-state index contributed by atoms with van der Waals surface area (Å²) in [7, 11) is 0. The Morgan fingerprint density at radius 1 is 1.44 bits per heavy atom.